The molecule has 19 heavy (non-hydrogen) atoms. The minimum Gasteiger partial charge on any atom is -0.394 e. The quantitative estimate of drug-likeness (QED) is 0.503. The largest absolute Gasteiger partial charge is 0.394 e. The number of hydrogen-bond acceptors (Lipinski definition) is 7. The van der Waals surface area contributed by atoms with Crippen LogP contribution in [0.1, 0.15) is 18.7 Å². The first-order chi connectivity index (χ1) is 9.08. The molecular formula is C11H20N4O4. The monoisotopic (exact) mass is 272 g/mol. The Hall–Kier alpha value is -1.06. The van der Waals surface area contributed by atoms with Gasteiger partial charge in [-0.25, -0.2) is 4.68 Å². The maximum absolute atomic E-state index is 10.2. The van der Waals surface area contributed by atoms with E-state index < -0.39 is 24.4 Å². The maximum atomic E-state index is 10.2. The molecule has 0 saturated carbocycles. The van der Waals surface area contributed by atoms with Crippen molar-refractivity contribution in [1.82, 2.24) is 20.3 Å². The van der Waals surface area contributed by atoms with Gasteiger partial charge in [-0.15, -0.1) is 5.10 Å². The van der Waals surface area contributed by atoms with E-state index in [1.165, 1.54) is 4.68 Å². The van der Waals surface area contributed by atoms with E-state index in [2.05, 4.69) is 15.6 Å². The van der Waals surface area contributed by atoms with Crippen LogP contribution in [0.3, 0.4) is 0 Å². The molecule has 1 aromatic rings. The van der Waals surface area contributed by atoms with Crippen molar-refractivity contribution in [2.75, 3.05) is 13.7 Å². The Kier molecular flexibility index (Phi) is 4.48. The molecule has 5 atom stereocenters. The Bertz CT molecular complexity index is 413. The van der Waals surface area contributed by atoms with Crippen LogP contribution < -0.4 is 5.32 Å². The van der Waals surface area contributed by atoms with Gasteiger partial charge in [0.05, 0.1) is 24.6 Å². The summed E-state index contributed by atoms with van der Waals surface area (Å²) >= 11 is 0. The number of rotatable bonds is 4. The maximum Gasteiger partial charge on any atom is 0.110 e. The van der Waals surface area contributed by atoms with Crippen molar-refractivity contribution in [3.8, 4) is 0 Å². The molecule has 1 saturated heterocycles. The standard InChI is InChI=1S/C11H20N4O4/c1-6-9(11(18)10(17)8(5-16)19-6)15-4-7(3-12-2)13-14-15/h4,6,8-12,16-18H,3,5H2,1-2H3/t6-,8+,9-,10-,11+/m0/s1. The van der Waals surface area contributed by atoms with Gasteiger partial charge in [-0.05, 0) is 14.0 Å². The second-order valence-electron chi connectivity index (χ2n) is 4.75. The molecule has 1 aliphatic heterocycles. The second-order valence-corrected chi connectivity index (χ2v) is 4.75. The normalized spacial score (nSPS) is 35.5. The van der Waals surface area contributed by atoms with Crippen LogP contribution in [0.4, 0.5) is 0 Å². The minimum atomic E-state index is -1.15. The lowest BCUT2D eigenvalue weighted by Crippen LogP contribution is -2.55. The summed E-state index contributed by atoms with van der Waals surface area (Å²) in [5.41, 5.74) is 0.737. The van der Waals surface area contributed by atoms with Crippen molar-refractivity contribution in [3.63, 3.8) is 0 Å². The molecule has 0 radical (unpaired) electrons. The number of nitrogens with zero attached hydrogens (tertiary/aromatic N) is 3. The van der Waals surface area contributed by atoms with Crippen LogP contribution in [0.5, 0.6) is 0 Å². The van der Waals surface area contributed by atoms with E-state index in [9.17, 15) is 10.2 Å². The van der Waals surface area contributed by atoms with Gasteiger partial charge in [0.1, 0.15) is 24.4 Å². The molecule has 108 valence electrons. The van der Waals surface area contributed by atoms with Gasteiger partial charge < -0.3 is 25.4 Å². The fraction of sp³-hybridized carbons (Fsp3) is 0.818. The van der Waals surface area contributed by atoms with Crippen LogP contribution in [0.25, 0.3) is 0 Å². The Morgan fingerprint density at radius 1 is 1.42 bits per heavy atom. The minimum absolute atomic E-state index is 0.336. The van der Waals surface area contributed by atoms with Gasteiger partial charge >= 0.3 is 0 Å². The van der Waals surface area contributed by atoms with Crippen LogP contribution in [0.15, 0.2) is 6.20 Å². The molecule has 0 unspecified atom stereocenters. The number of ether oxygens (including phenoxy) is 1. The fourth-order valence-electron chi connectivity index (χ4n) is 2.38. The van der Waals surface area contributed by atoms with Gasteiger partial charge in [-0.3, -0.25) is 0 Å². The molecule has 4 N–H and O–H groups in total. The van der Waals surface area contributed by atoms with Crippen LogP contribution >= 0.6 is 0 Å². The highest BCUT2D eigenvalue weighted by Gasteiger charge is 2.43. The van der Waals surface area contributed by atoms with Crippen LogP contribution in [0, 0.1) is 0 Å². The SMILES string of the molecule is CNCc1cn([C@@H]2[C@@H](O)[C@@H](O)[C@@H](CO)O[C@H]2C)nn1. The van der Waals surface area contributed by atoms with Crippen molar-refractivity contribution in [1.29, 1.82) is 0 Å². The van der Waals surface area contributed by atoms with Gasteiger partial charge in [-0.2, -0.15) is 0 Å². The summed E-state index contributed by atoms with van der Waals surface area (Å²) in [5.74, 6) is 0. The highest BCUT2D eigenvalue weighted by Crippen LogP contribution is 2.29. The predicted molar refractivity (Wildman–Crippen MR) is 65.3 cm³/mol. The molecule has 2 rings (SSSR count). The highest BCUT2D eigenvalue weighted by molar-refractivity contribution is 4.98. The van der Waals surface area contributed by atoms with Crippen molar-refractivity contribution in [2.24, 2.45) is 0 Å². The predicted octanol–water partition coefficient (Wildman–Crippen LogP) is -1.96. The third kappa shape index (κ3) is 2.77. The van der Waals surface area contributed by atoms with Crippen LogP contribution in [-0.2, 0) is 11.3 Å². The lowest BCUT2D eigenvalue weighted by atomic mass is 9.94. The van der Waals surface area contributed by atoms with Gasteiger partial charge in [0, 0.05) is 6.54 Å². The number of aliphatic hydroxyl groups excluding tert-OH is 3. The first kappa shape index (κ1) is 14.4. The molecule has 0 amide bonds. The van der Waals surface area contributed by atoms with E-state index in [4.69, 9.17) is 9.84 Å². The smallest absolute Gasteiger partial charge is 0.110 e. The molecule has 2 heterocycles. The van der Waals surface area contributed by atoms with Crippen LogP contribution in [0.2, 0.25) is 0 Å². The highest BCUT2D eigenvalue weighted by atomic mass is 16.5. The fourth-order valence-corrected chi connectivity index (χ4v) is 2.38. The van der Waals surface area contributed by atoms with Gasteiger partial charge in [0.15, 0.2) is 0 Å². The molecule has 0 bridgehead atoms. The summed E-state index contributed by atoms with van der Waals surface area (Å²) in [7, 11) is 1.80. The number of aromatic nitrogens is 3. The average molecular weight is 272 g/mol. The summed E-state index contributed by atoms with van der Waals surface area (Å²) in [6, 6.07) is -0.532. The third-order valence-electron chi connectivity index (χ3n) is 3.35. The molecule has 0 spiro atoms. The van der Waals surface area contributed by atoms with Gasteiger partial charge in [0.2, 0.25) is 0 Å². The summed E-state index contributed by atoms with van der Waals surface area (Å²) in [6.07, 6.45) is -1.68. The Morgan fingerprint density at radius 2 is 2.16 bits per heavy atom. The van der Waals surface area contributed by atoms with E-state index in [1.54, 1.807) is 20.2 Å². The number of hydrogen-bond donors (Lipinski definition) is 4. The number of aliphatic hydroxyl groups is 3. The van der Waals surface area contributed by atoms with Crippen molar-refractivity contribution >= 4 is 0 Å². The summed E-state index contributed by atoms with van der Waals surface area (Å²) in [5, 5.41) is 40.0. The van der Waals surface area contributed by atoms with E-state index in [0.29, 0.717) is 6.54 Å². The molecule has 8 heteroatoms. The topological polar surface area (TPSA) is 113 Å². The lowest BCUT2D eigenvalue weighted by Gasteiger charge is -2.40. The zero-order chi connectivity index (χ0) is 14.0. The number of nitrogens with one attached hydrogen (secondary N) is 1. The van der Waals surface area contributed by atoms with E-state index in [-0.39, 0.29) is 12.7 Å². The molecule has 1 aliphatic rings. The second kappa shape index (κ2) is 5.93. The summed E-state index contributed by atoms with van der Waals surface area (Å²) in [4.78, 5) is 0. The summed E-state index contributed by atoms with van der Waals surface area (Å²) in [6.45, 7) is 2.00. The first-order valence-corrected chi connectivity index (χ1v) is 6.26. The zero-order valence-corrected chi connectivity index (χ0v) is 11.0. The third-order valence-corrected chi connectivity index (χ3v) is 3.35. The lowest BCUT2D eigenvalue weighted by molar-refractivity contribution is -0.200. The Morgan fingerprint density at radius 3 is 2.79 bits per heavy atom. The van der Waals surface area contributed by atoms with Crippen molar-refractivity contribution in [2.45, 2.75) is 43.9 Å². The Balaban J connectivity index is 2.17. The molecule has 8 nitrogen and oxygen atoms in total. The molecule has 1 fully saturated rings. The average Bonchev–Trinajstić information content (AvgIpc) is 2.83. The van der Waals surface area contributed by atoms with Crippen LogP contribution in [-0.4, -0.2) is 68.4 Å². The molecular weight excluding hydrogens is 252 g/mol. The van der Waals surface area contributed by atoms with Crippen molar-refractivity contribution < 1.29 is 20.1 Å². The zero-order valence-electron chi connectivity index (χ0n) is 11.0. The van der Waals surface area contributed by atoms with E-state index in [1.807, 2.05) is 0 Å². The van der Waals surface area contributed by atoms with Gasteiger partial charge in [-0.1, -0.05) is 5.21 Å². The van der Waals surface area contributed by atoms with E-state index >= 15 is 0 Å². The first-order valence-electron chi connectivity index (χ1n) is 6.26. The molecule has 0 aromatic carbocycles. The van der Waals surface area contributed by atoms with Gasteiger partial charge in [0.25, 0.3) is 0 Å². The summed E-state index contributed by atoms with van der Waals surface area (Å²) < 4.78 is 6.99. The van der Waals surface area contributed by atoms with E-state index in [0.717, 1.165) is 5.69 Å². The Labute approximate surface area is 111 Å². The molecule has 0 aliphatic carbocycles. The van der Waals surface area contributed by atoms with Crippen molar-refractivity contribution in [3.05, 3.63) is 11.9 Å². The molecule has 1 aromatic heterocycles.